The smallest absolute Gasteiger partial charge is 0.00869 e. The summed E-state index contributed by atoms with van der Waals surface area (Å²) in [5.41, 5.74) is 1.47. The Morgan fingerprint density at radius 3 is 2.83 bits per heavy atom. The second kappa shape index (κ2) is 1.46. The van der Waals surface area contributed by atoms with Crippen molar-refractivity contribution in [3.05, 3.63) is 18.1 Å². The number of hydrogen-bond donors (Lipinski definition) is 0. The van der Waals surface area contributed by atoms with Crippen LogP contribution in [0.1, 0.15) is 19.8 Å². The van der Waals surface area contributed by atoms with Gasteiger partial charge in [-0.3, -0.25) is 0 Å². The van der Waals surface area contributed by atoms with Gasteiger partial charge in [-0.2, -0.15) is 0 Å². The van der Waals surface area contributed by atoms with Crippen LogP contribution in [0.2, 0.25) is 0 Å². The van der Waals surface area contributed by atoms with Crippen molar-refractivity contribution in [2.75, 3.05) is 0 Å². The van der Waals surface area contributed by atoms with Crippen LogP contribution in [-0.4, -0.2) is 0 Å². The summed E-state index contributed by atoms with van der Waals surface area (Å²) < 4.78 is 0. The van der Waals surface area contributed by atoms with Gasteiger partial charge in [-0.1, -0.05) is 11.6 Å². The fraction of sp³-hybridized carbons (Fsp3) is 0.500. The molecule has 0 aromatic rings. The van der Waals surface area contributed by atoms with Crippen LogP contribution >= 0.6 is 0 Å². The van der Waals surface area contributed by atoms with Crippen LogP contribution in [0.5, 0.6) is 0 Å². The first-order chi connectivity index (χ1) is 2.89. The van der Waals surface area contributed by atoms with Crippen molar-refractivity contribution in [3.8, 4) is 0 Å². The molecule has 0 heterocycles. The molecule has 2 radical (unpaired) electrons. The monoisotopic (exact) mass is 80.1 g/mol. The van der Waals surface area contributed by atoms with Crippen LogP contribution in [0.25, 0.3) is 0 Å². The first kappa shape index (κ1) is 3.91. The fourth-order valence-corrected chi connectivity index (χ4v) is 0.588. The minimum absolute atomic E-state index is 1.14. The van der Waals surface area contributed by atoms with Crippen LogP contribution in [0.4, 0.5) is 0 Å². The molecule has 32 valence electrons. The maximum atomic E-state index is 3.11. The summed E-state index contributed by atoms with van der Waals surface area (Å²) in [7, 11) is 0. The maximum Gasteiger partial charge on any atom is 0.00869 e. The fourth-order valence-electron chi connectivity index (χ4n) is 0.588. The van der Waals surface area contributed by atoms with E-state index in [1.807, 2.05) is 0 Å². The molecule has 0 saturated heterocycles. The summed E-state index contributed by atoms with van der Waals surface area (Å²) >= 11 is 0. The molecular weight excluding hydrogens is 72.1 g/mol. The van der Waals surface area contributed by atoms with E-state index in [4.69, 9.17) is 0 Å². The highest BCUT2D eigenvalue weighted by Crippen LogP contribution is 2.14. The van der Waals surface area contributed by atoms with Crippen molar-refractivity contribution < 1.29 is 0 Å². The van der Waals surface area contributed by atoms with Crippen molar-refractivity contribution >= 4 is 0 Å². The molecule has 6 heavy (non-hydrogen) atoms. The van der Waals surface area contributed by atoms with E-state index < -0.39 is 0 Å². The van der Waals surface area contributed by atoms with Gasteiger partial charge in [-0.25, -0.2) is 0 Å². The molecule has 0 amide bonds. The van der Waals surface area contributed by atoms with Gasteiger partial charge in [0.2, 0.25) is 0 Å². The average molecular weight is 80.1 g/mol. The molecule has 0 unspecified atom stereocenters. The van der Waals surface area contributed by atoms with Gasteiger partial charge in [-0.15, -0.1) is 0 Å². The molecule has 1 aliphatic rings. The Balaban J connectivity index is 2.45. The van der Waals surface area contributed by atoms with Crippen LogP contribution in [0.15, 0.2) is 11.6 Å². The van der Waals surface area contributed by atoms with Gasteiger partial charge in [0.1, 0.15) is 0 Å². The second-order valence-electron chi connectivity index (χ2n) is 1.69. The van der Waals surface area contributed by atoms with Crippen LogP contribution in [0.3, 0.4) is 0 Å². The maximum absolute atomic E-state index is 3.11. The molecule has 1 rings (SSSR count). The lowest BCUT2D eigenvalue weighted by atomic mass is 10.3. The lowest BCUT2D eigenvalue weighted by Gasteiger charge is -1.79. The molecule has 0 aromatic heterocycles. The molecule has 0 spiro atoms. The molecule has 0 bridgehead atoms. The Bertz CT molecular complexity index is 70.1. The zero-order valence-electron chi connectivity index (χ0n) is 3.99. The predicted molar refractivity (Wildman–Crippen MR) is 26.2 cm³/mol. The van der Waals surface area contributed by atoms with E-state index in [1.54, 1.807) is 0 Å². The van der Waals surface area contributed by atoms with Gasteiger partial charge >= 0.3 is 0 Å². The number of rotatable bonds is 0. The van der Waals surface area contributed by atoms with E-state index in [2.05, 4.69) is 19.4 Å². The topological polar surface area (TPSA) is 0 Å². The van der Waals surface area contributed by atoms with Crippen molar-refractivity contribution in [1.82, 2.24) is 0 Å². The van der Waals surface area contributed by atoms with E-state index in [0.717, 1.165) is 6.42 Å². The summed E-state index contributed by atoms with van der Waals surface area (Å²) in [4.78, 5) is 0. The first-order valence-corrected chi connectivity index (χ1v) is 2.28. The normalized spacial score (nSPS) is 21.2. The van der Waals surface area contributed by atoms with Crippen molar-refractivity contribution in [3.63, 3.8) is 0 Å². The Hall–Kier alpha value is -0.260. The largest absolute Gasteiger partial charge is 0.0776 e. The lowest BCUT2D eigenvalue weighted by Crippen LogP contribution is -1.59. The summed E-state index contributed by atoms with van der Waals surface area (Å²) in [5.74, 6) is 0. The zero-order valence-corrected chi connectivity index (χ0v) is 3.99. The van der Waals surface area contributed by atoms with Crippen LogP contribution < -0.4 is 0 Å². The van der Waals surface area contributed by atoms with E-state index in [-0.39, 0.29) is 0 Å². The quantitative estimate of drug-likeness (QED) is 0.416. The van der Waals surface area contributed by atoms with Crippen molar-refractivity contribution in [1.29, 1.82) is 0 Å². The Morgan fingerprint density at radius 2 is 2.67 bits per heavy atom. The average Bonchev–Trinajstić information content (AvgIpc) is 1.86. The minimum atomic E-state index is 1.14. The van der Waals surface area contributed by atoms with E-state index in [1.165, 1.54) is 12.0 Å². The number of hydrogen-bond acceptors (Lipinski definition) is 0. The first-order valence-electron chi connectivity index (χ1n) is 2.28. The predicted octanol–water partition coefficient (Wildman–Crippen LogP) is 1.81. The molecule has 0 fully saturated rings. The van der Waals surface area contributed by atoms with Gasteiger partial charge in [0.05, 0.1) is 0 Å². The molecule has 0 heteroatoms. The summed E-state index contributed by atoms with van der Waals surface area (Å²) in [6.45, 7) is 2.14. The molecule has 0 atom stereocenters. The molecule has 0 saturated carbocycles. The third-order valence-electron chi connectivity index (χ3n) is 1.01. The molecule has 0 aromatic carbocycles. The summed E-state index contributed by atoms with van der Waals surface area (Å²) in [5, 5.41) is 0. The van der Waals surface area contributed by atoms with E-state index in [0.29, 0.717) is 0 Å². The third kappa shape index (κ3) is 0.618. The summed E-state index contributed by atoms with van der Waals surface area (Å²) in [6.07, 6.45) is 7.56. The highest BCUT2D eigenvalue weighted by atomic mass is 14.0. The van der Waals surface area contributed by atoms with Gasteiger partial charge in [0.15, 0.2) is 0 Å². The van der Waals surface area contributed by atoms with Gasteiger partial charge in [-0.05, 0) is 19.8 Å². The standard InChI is InChI=1S/C6H8/c1-6-4-2-3-5-6/h5H,2,4H2,1H3. The van der Waals surface area contributed by atoms with Crippen molar-refractivity contribution in [2.24, 2.45) is 0 Å². The molecule has 0 nitrogen and oxygen atoms in total. The highest BCUT2D eigenvalue weighted by molar-refractivity contribution is 5.12. The van der Waals surface area contributed by atoms with Crippen molar-refractivity contribution in [2.45, 2.75) is 19.8 Å². The zero-order chi connectivity index (χ0) is 4.41. The molecule has 1 aliphatic carbocycles. The molecule has 0 N–H and O–H groups in total. The van der Waals surface area contributed by atoms with Crippen LogP contribution in [0, 0.1) is 6.42 Å². The minimum Gasteiger partial charge on any atom is -0.0776 e. The van der Waals surface area contributed by atoms with E-state index >= 15 is 0 Å². The number of allylic oxidation sites excluding steroid dienone is 2. The highest BCUT2D eigenvalue weighted by Gasteiger charge is 1.96. The second-order valence-corrected chi connectivity index (χ2v) is 1.69. The Morgan fingerprint density at radius 1 is 1.83 bits per heavy atom. The third-order valence-corrected chi connectivity index (χ3v) is 1.01. The lowest BCUT2D eigenvalue weighted by molar-refractivity contribution is 1.01. The Kier molecular flexibility index (Phi) is 0.952. The van der Waals surface area contributed by atoms with Gasteiger partial charge in [0, 0.05) is 6.42 Å². The molecular formula is C6H8. The van der Waals surface area contributed by atoms with Crippen LogP contribution in [-0.2, 0) is 0 Å². The Labute approximate surface area is 38.9 Å². The SMILES string of the molecule is CC1=C[C]CC1. The van der Waals surface area contributed by atoms with Gasteiger partial charge in [0.25, 0.3) is 0 Å². The van der Waals surface area contributed by atoms with Gasteiger partial charge < -0.3 is 0 Å². The molecule has 0 aliphatic heterocycles. The summed E-state index contributed by atoms with van der Waals surface area (Å²) in [6, 6.07) is 0. The van der Waals surface area contributed by atoms with E-state index in [9.17, 15) is 0 Å².